The fraction of sp³-hybridized carbons (Fsp3) is 0.471. The van der Waals surface area contributed by atoms with Crippen LogP contribution < -0.4 is 11.2 Å². The number of esters is 1. The minimum atomic E-state index is -0.227. The summed E-state index contributed by atoms with van der Waals surface area (Å²) in [6, 6.07) is 8.09. The number of nitrogens with two attached hydrogens (primary N) is 1. The Morgan fingerprint density at radius 1 is 1.41 bits per heavy atom. The number of hydrogen-bond acceptors (Lipinski definition) is 5. The molecule has 122 valence electrons. The molecule has 1 unspecified atom stereocenters. The first kappa shape index (κ1) is 18.2. The van der Waals surface area contributed by atoms with Crippen molar-refractivity contribution in [3.8, 4) is 0 Å². The second-order valence-electron chi connectivity index (χ2n) is 5.45. The van der Waals surface area contributed by atoms with E-state index in [1.54, 1.807) is 5.01 Å². The van der Waals surface area contributed by atoms with Gasteiger partial charge < -0.3 is 10.1 Å². The maximum atomic E-state index is 11.3. The van der Waals surface area contributed by atoms with Crippen molar-refractivity contribution in [1.82, 2.24) is 5.01 Å². The molecule has 1 atom stereocenters. The summed E-state index contributed by atoms with van der Waals surface area (Å²) in [5.41, 5.74) is 3.25. The molecule has 1 aromatic carbocycles. The number of nitrogens with zero attached hydrogens (tertiary/aromatic N) is 1. The van der Waals surface area contributed by atoms with E-state index in [0.29, 0.717) is 6.42 Å². The van der Waals surface area contributed by atoms with E-state index in [-0.39, 0.29) is 12.0 Å². The van der Waals surface area contributed by atoms with Gasteiger partial charge in [-0.05, 0) is 38.0 Å². The second kappa shape index (κ2) is 9.23. The van der Waals surface area contributed by atoms with Gasteiger partial charge in [0.2, 0.25) is 0 Å². The first-order chi connectivity index (χ1) is 10.5. The molecule has 0 amide bonds. The molecular weight excluding hydrogens is 278 g/mol. The lowest BCUT2D eigenvalue weighted by atomic mass is 10.0. The SMILES string of the molecule is C/C=C(\C)C(CCN(C)N)Nc1ccc(CC(=O)OC)cc1. The lowest BCUT2D eigenvalue weighted by molar-refractivity contribution is -0.139. The highest BCUT2D eigenvalue weighted by Gasteiger charge is 2.11. The molecule has 0 aliphatic carbocycles. The van der Waals surface area contributed by atoms with E-state index in [2.05, 4.69) is 23.1 Å². The topological polar surface area (TPSA) is 67.6 Å². The van der Waals surface area contributed by atoms with Gasteiger partial charge in [0.05, 0.1) is 13.5 Å². The molecule has 1 rings (SSSR count). The molecule has 0 radical (unpaired) electrons. The van der Waals surface area contributed by atoms with Gasteiger partial charge in [-0.3, -0.25) is 15.6 Å². The number of anilines is 1. The molecule has 5 heteroatoms. The largest absolute Gasteiger partial charge is 0.469 e. The molecule has 22 heavy (non-hydrogen) atoms. The maximum absolute atomic E-state index is 11.3. The number of ether oxygens (including phenoxy) is 1. The van der Waals surface area contributed by atoms with Crippen LogP contribution in [0, 0.1) is 0 Å². The second-order valence-corrected chi connectivity index (χ2v) is 5.45. The molecule has 3 N–H and O–H groups in total. The van der Waals surface area contributed by atoms with E-state index in [0.717, 1.165) is 24.2 Å². The average molecular weight is 305 g/mol. The van der Waals surface area contributed by atoms with E-state index in [4.69, 9.17) is 5.84 Å². The molecule has 5 nitrogen and oxygen atoms in total. The average Bonchev–Trinajstić information content (AvgIpc) is 2.51. The van der Waals surface area contributed by atoms with E-state index >= 15 is 0 Å². The van der Waals surface area contributed by atoms with Crippen LogP contribution >= 0.6 is 0 Å². The van der Waals surface area contributed by atoms with Gasteiger partial charge in [-0.1, -0.05) is 23.8 Å². The normalized spacial score (nSPS) is 13.1. The molecule has 0 heterocycles. The van der Waals surface area contributed by atoms with Gasteiger partial charge in [0.1, 0.15) is 0 Å². The van der Waals surface area contributed by atoms with Crippen LogP contribution in [0.5, 0.6) is 0 Å². The number of benzene rings is 1. The zero-order chi connectivity index (χ0) is 16.5. The summed E-state index contributed by atoms with van der Waals surface area (Å²) in [7, 11) is 3.26. The maximum Gasteiger partial charge on any atom is 0.309 e. The Morgan fingerprint density at radius 2 is 2.05 bits per heavy atom. The van der Waals surface area contributed by atoms with Crippen molar-refractivity contribution in [2.45, 2.75) is 32.7 Å². The van der Waals surface area contributed by atoms with E-state index < -0.39 is 0 Å². The van der Waals surface area contributed by atoms with Crippen molar-refractivity contribution in [1.29, 1.82) is 0 Å². The first-order valence-electron chi connectivity index (χ1n) is 7.47. The van der Waals surface area contributed by atoms with Gasteiger partial charge in [0.15, 0.2) is 0 Å². The first-order valence-corrected chi connectivity index (χ1v) is 7.47. The van der Waals surface area contributed by atoms with E-state index in [9.17, 15) is 4.79 Å². The van der Waals surface area contributed by atoms with Crippen LogP contribution in [0.1, 0.15) is 25.8 Å². The highest BCUT2D eigenvalue weighted by atomic mass is 16.5. The van der Waals surface area contributed by atoms with Crippen LogP contribution in [0.2, 0.25) is 0 Å². The van der Waals surface area contributed by atoms with Crippen molar-refractivity contribution in [3.63, 3.8) is 0 Å². The third-order valence-electron chi connectivity index (χ3n) is 3.65. The summed E-state index contributed by atoms with van der Waals surface area (Å²) in [5.74, 6) is 5.47. The molecule has 0 aromatic heterocycles. The molecule has 0 bridgehead atoms. The standard InChI is InChI=1S/C17H27N3O2/c1-5-13(2)16(10-11-20(3)18)19-15-8-6-14(7-9-15)12-17(21)22-4/h5-9,16,19H,10-12,18H2,1-4H3/b13-5+. The third-order valence-corrected chi connectivity index (χ3v) is 3.65. The minimum absolute atomic E-state index is 0.227. The van der Waals surface area contributed by atoms with Gasteiger partial charge in [-0.15, -0.1) is 0 Å². The Hall–Kier alpha value is -1.85. The van der Waals surface area contributed by atoms with Crippen molar-refractivity contribution >= 4 is 11.7 Å². The minimum Gasteiger partial charge on any atom is -0.469 e. The smallest absolute Gasteiger partial charge is 0.309 e. The molecule has 1 aromatic rings. The van der Waals surface area contributed by atoms with Crippen molar-refractivity contribution in [2.75, 3.05) is 26.0 Å². The Kier molecular flexibility index (Phi) is 7.63. The Morgan fingerprint density at radius 3 is 2.55 bits per heavy atom. The van der Waals surface area contributed by atoms with Gasteiger partial charge in [0.25, 0.3) is 0 Å². The Balaban J connectivity index is 2.70. The zero-order valence-corrected chi connectivity index (χ0v) is 13.9. The number of hydrogen-bond donors (Lipinski definition) is 2. The number of carbonyl (C=O) groups excluding carboxylic acids is 1. The number of rotatable bonds is 8. The lowest BCUT2D eigenvalue weighted by Gasteiger charge is -2.22. The van der Waals surface area contributed by atoms with Crippen molar-refractivity contribution in [3.05, 3.63) is 41.5 Å². The predicted octanol–water partition coefficient (Wildman–Crippen LogP) is 2.34. The molecule has 0 aliphatic heterocycles. The van der Waals surface area contributed by atoms with Crippen molar-refractivity contribution < 1.29 is 9.53 Å². The fourth-order valence-electron chi connectivity index (χ4n) is 2.11. The third kappa shape index (κ3) is 6.28. The van der Waals surface area contributed by atoms with Crippen molar-refractivity contribution in [2.24, 2.45) is 5.84 Å². The van der Waals surface area contributed by atoms with Crippen LogP contribution in [0.15, 0.2) is 35.9 Å². The number of hydrazine groups is 1. The van der Waals surface area contributed by atoms with Crippen LogP contribution in [-0.2, 0) is 16.0 Å². The van der Waals surface area contributed by atoms with Crippen LogP contribution in [0.4, 0.5) is 5.69 Å². The Bertz CT molecular complexity index is 495. The zero-order valence-electron chi connectivity index (χ0n) is 13.9. The number of methoxy groups -OCH3 is 1. The summed E-state index contributed by atoms with van der Waals surface area (Å²) in [6.45, 7) is 4.96. The lowest BCUT2D eigenvalue weighted by Crippen LogP contribution is -2.32. The van der Waals surface area contributed by atoms with Gasteiger partial charge in [-0.2, -0.15) is 0 Å². The fourth-order valence-corrected chi connectivity index (χ4v) is 2.11. The summed E-state index contributed by atoms with van der Waals surface area (Å²) in [4.78, 5) is 11.3. The van der Waals surface area contributed by atoms with Crippen LogP contribution in [0.3, 0.4) is 0 Å². The summed E-state index contributed by atoms with van der Waals surface area (Å²) in [5, 5.41) is 5.20. The molecule has 0 saturated carbocycles. The molecule has 0 spiro atoms. The predicted molar refractivity (Wildman–Crippen MR) is 90.4 cm³/mol. The number of carbonyl (C=O) groups is 1. The number of nitrogens with one attached hydrogen (secondary N) is 1. The van der Waals surface area contributed by atoms with E-state index in [1.165, 1.54) is 12.7 Å². The summed E-state index contributed by atoms with van der Waals surface area (Å²) in [6.07, 6.45) is 3.33. The van der Waals surface area contributed by atoms with Gasteiger partial charge in [-0.25, -0.2) is 0 Å². The van der Waals surface area contributed by atoms with Gasteiger partial charge in [0, 0.05) is 25.3 Å². The van der Waals surface area contributed by atoms with Crippen LogP contribution in [-0.4, -0.2) is 37.7 Å². The summed E-state index contributed by atoms with van der Waals surface area (Å²) < 4.78 is 4.67. The molecule has 0 fully saturated rings. The molecule has 0 aliphatic rings. The molecular formula is C17H27N3O2. The number of allylic oxidation sites excluding steroid dienone is 1. The highest BCUT2D eigenvalue weighted by Crippen LogP contribution is 2.16. The summed E-state index contributed by atoms with van der Waals surface area (Å²) >= 11 is 0. The van der Waals surface area contributed by atoms with Crippen LogP contribution in [0.25, 0.3) is 0 Å². The Labute approximate surface area is 133 Å². The van der Waals surface area contributed by atoms with E-state index in [1.807, 2.05) is 38.2 Å². The monoisotopic (exact) mass is 305 g/mol. The quantitative estimate of drug-likeness (QED) is 0.334. The van der Waals surface area contributed by atoms with Gasteiger partial charge >= 0.3 is 5.97 Å². The molecule has 0 saturated heterocycles. The highest BCUT2D eigenvalue weighted by molar-refractivity contribution is 5.72.